The number of hydrogen-bond donors (Lipinski definition) is 0. The van der Waals surface area contributed by atoms with Gasteiger partial charge in [-0.25, -0.2) is 8.42 Å². The second-order valence-electron chi connectivity index (χ2n) is 4.83. The third-order valence-electron chi connectivity index (χ3n) is 3.42. The van der Waals surface area contributed by atoms with E-state index in [0.717, 1.165) is 4.47 Å². The minimum atomic E-state index is -3.63. The maximum Gasteiger partial charge on any atom is 0.319 e. The Bertz CT molecular complexity index is 660. The lowest BCUT2D eigenvalue weighted by Gasteiger charge is -2.33. The van der Waals surface area contributed by atoms with E-state index in [-0.39, 0.29) is 22.4 Å². The highest BCUT2D eigenvalue weighted by Crippen LogP contribution is 2.28. The first-order valence-corrected chi connectivity index (χ1v) is 9.20. The molecule has 1 saturated heterocycles. The zero-order valence-electron chi connectivity index (χ0n) is 12.0. The van der Waals surface area contributed by atoms with E-state index in [9.17, 15) is 13.2 Å². The number of carbonyl (C=O) groups is 1. The summed E-state index contributed by atoms with van der Waals surface area (Å²) in [6.07, 6.45) is 0. The molecule has 0 radical (unpaired) electrons. The molecular formula is C13H16BrClN2O4S. The van der Waals surface area contributed by atoms with E-state index in [1.165, 1.54) is 17.5 Å². The number of esters is 1. The van der Waals surface area contributed by atoms with Gasteiger partial charge in [0.05, 0.1) is 18.7 Å². The van der Waals surface area contributed by atoms with Gasteiger partial charge in [-0.2, -0.15) is 4.31 Å². The van der Waals surface area contributed by atoms with Crippen LogP contribution in [0.3, 0.4) is 0 Å². The van der Waals surface area contributed by atoms with Crippen LogP contribution < -0.4 is 0 Å². The molecule has 0 saturated carbocycles. The van der Waals surface area contributed by atoms with Gasteiger partial charge in [-0.1, -0.05) is 27.5 Å². The normalized spacial score (nSPS) is 17.4. The van der Waals surface area contributed by atoms with Gasteiger partial charge in [0.2, 0.25) is 10.0 Å². The van der Waals surface area contributed by atoms with Gasteiger partial charge in [-0.05, 0) is 18.2 Å². The molecule has 0 amide bonds. The Balaban J connectivity index is 2.08. The van der Waals surface area contributed by atoms with E-state index >= 15 is 0 Å². The Labute approximate surface area is 143 Å². The van der Waals surface area contributed by atoms with Crippen molar-refractivity contribution < 1.29 is 17.9 Å². The van der Waals surface area contributed by atoms with E-state index in [1.807, 2.05) is 4.90 Å². The van der Waals surface area contributed by atoms with Crippen molar-refractivity contribution in [2.24, 2.45) is 0 Å². The Morgan fingerprint density at radius 2 is 1.95 bits per heavy atom. The van der Waals surface area contributed by atoms with Gasteiger partial charge in [0.15, 0.2) is 0 Å². The Morgan fingerprint density at radius 3 is 2.50 bits per heavy atom. The van der Waals surface area contributed by atoms with Gasteiger partial charge < -0.3 is 4.74 Å². The van der Waals surface area contributed by atoms with Gasteiger partial charge in [0.25, 0.3) is 0 Å². The molecule has 1 aliphatic heterocycles. The van der Waals surface area contributed by atoms with Gasteiger partial charge >= 0.3 is 5.97 Å². The standard InChI is InChI=1S/C13H16BrClN2O4S/c1-21-13(18)9-16-4-6-17(7-5-16)22(19,20)12-3-2-10(14)8-11(12)15/h2-3,8H,4-7,9H2,1H3. The van der Waals surface area contributed by atoms with E-state index in [4.69, 9.17) is 11.6 Å². The van der Waals surface area contributed by atoms with Crippen LogP contribution in [0.1, 0.15) is 0 Å². The molecule has 6 nitrogen and oxygen atoms in total. The van der Waals surface area contributed by atoms with Crippen LogP contribution >= 0.6 is 27.5 Å². The summed E-state index contributed by atoms with van der Waals surface area (Å²) in [5.41, 5.74) is 0. The smallest absolute Gasteiger partial charge is 0.319 e. The number of hydrogen-bond acceptors (Lipinski definition) is 5. The summed E-state index contributed by atoms with van der Waals surface area (Å²) in [7, 11) is -2.30. The minimum absolute atomic E-state index is 0.0961. The molecule has 0 N–H and O–H groups in total. The van der Waals surface area contributed by atoms with Crippen LogP contribution in [0.25, 0.3) is 0 Å². The molecule has 0 bridgehead atoms. The summed E-state index contributed by atoms with van der Waals surface area (Å²) in [6.45, 7) is 1.74. The summed E-state index contributed by atoms with van der Waals surface area (Å²) < 4.78 is 32.0. The number of piperazine rings is 1. The van der Waals surface area contributed by atoms with Crippen LogP contribution in [-0.2, 0) is 19.6 Å². The zero-order chi connectivity index (χ0) is 16.3. The number of benzene rings is 1. The number of rotatable bonds is 4. The maximum absolute atomic E-state index is 12.6. The molecule has 2 rings (SSSR count). The van der Waals surface area contributed by atoms with Crippen LogP contribution in [0, 0.1) is 0 Å². The topological polar surface area (TPSA) is 66.9 Å². The molecule has 0 aliphatic carbocycles. The van der Waals surface area contributed by atoms with Crippen LogP contribution in [0.2, 0.25) is 5.02 Å². The summed E-state index contributed by atoms with van der Waals surface area (Å²) >= 11 is 9.30. The molecule has 1 aliphatic rings. The molecule has 1 aromatic carbocycles. The van der Waals surface area contributed by atoms with E-state index in [2.05, 4.69) is 20.7 Å². The first-order valence-electron chi connectivity index (χ1n) is 6.59. The Kier molecular flexibility index (Phi) is 5.84. The number of ether oxygens (including phenoxy) is 1. The Hall–Kier alpha value is -0.670. The molecule has 22 heavy (non-hydrogen) atoms. The molecule has 0 aromatic heterocycles. The summed E-state index contributed by atoms with van der Waals surface area (Å²) in [6, 6.07) is 4.69. The second kappa shape index (κ2) is 7.27. The van der Waals surface area contributed by atoms with Crippen molar-refractivity contribution in [1.82, 2.24) is 9.21 Å². The fourth-order valence-corrected chi connectivity index (χ4v) is 4.63. The van der Waals surface area contributed by atoms with Crippen LogP contribution in [0.5, 0.6) is 0 Å². The molecule has 0 spiro atoms. The predicted molar refractivity (Wildman–Crippen MR) is 86.4 cm³/mol. The Morgan fingerprint density at radius 1 is 1.32 bits per heavy atom. The van der Waals surface area contributed by atoms with Crippen LogP contribution in [0.15, 0.2) is 27.6 Å². The van der Waals surface area contributed by atoms with Gasteiger partial charge in [-0.3, -0.25) is 9.69 Å². The summed E-state index contributed by atoms with van der Waals surface area (Å²) in [4.78, 5) is 13.2. The molecule has 1 fully saturated rings. The van der Waals surface area contributed by atoms with Gasteiger partial charge in [0, 0.05) is 30.7 Å². The number of sulfonamides is 1. The third-order valence-corrected chi connectivity index (χ3v) is 6.30. The quantitative estimate of drug-likeness (QED) is 0.704. The van der Waals surface area contributed by atoms with Crippen molar-refractivity contribution in [3.63, 3.8) is 0 Å². The second-order valence-corrected chi connectivity index (χ2v) is 8.06. The molecule has 122 valence electrons. The molecule has 0 atom stereocenters. The van der Waals surface area contributed by atoms with Crippen LogP contribution in [0.4, 0.5) is 0 Å². The van der Waals surface area contributed by atoms with Crippen molar-refractivity contribution >= 4 is 43.5 Å². The van der Waals surface area contributed by atoms with E-state index < -0.39 is 10.0 Å². The average Bonchev–Trinajstić information content (AvgIpc) is 2.47. The largest absolute Gasteiger partial charge is 0.468 e. The van der Waals surface area contributed by atoms with E-state index in [1.54, 1.807) is 12.1 Å². The van der Waals surface area contributed by atoms with Crippen molar-refractivity contribution in [3.8, 4) is 0 Å². The number of methoxy groups -OCH3 is 1. The van der Waals surface area contributed by atoms with Crippen molar-refractivity contribution in [1.29, 1.82) is 0 Å². The van der Waals surface area contributed by atoms with Crippen molar-refractivity contribution in [3.05, 3.63) is 27.7 Å². The van der Waals surface area contributed by atoms with E-state index in [0.29, 0.717) is 26.2 Å². The first-order chi connectivity index (χ1) is 10.3. The molecule has 0 unspecified atom stereocenters. The zero-order valence-corrected chi connectivity index (χ0v) is 15.1. The monoisotopic (exact) mass is 410 g/mol. The molecule has 9 heteroatoms. The number of carbonyl (C=O) groups excluding carboxylic acids is 1. The fraction of sp³-hybridized carbons (Fsp3) is 0.462. The lowest BCUT2D eigenvalue weighted by Crippen LogP contribution is -2.49. The van der Waals surface area contributed by atoms with Crippen LogP contribution in [-0.4, -0.2) is 63.4 Å². The molecular weight excluding hydrogens is 396 g/mol. The minimum Gasteiger partial charge on any atom is -0.468 e. The average molecular weight is 412 g/mol. The molecule has 1 heterocycles. The van der Waals surface area contributed by atoms with Crippen molar-refractivity contribution in [2.75, 3.05) is 39.8 Å². The third kappa shape index (κ3) is 3.99. The number of halogens is 2. The lowest BCUT2D eigenvalue weighted by atomic mass is 10.3. The summed E-state index contributed by atoms with van der Waals surface area (Å²) in [5, 5.41) is 0.186. The van der Waals surface area contributed by atoms with Crippen molar-refractivity contribution in [2.45, 2.75) is 4.90 Å². The van der Waals surface area contributed by atoms with Gasteiger partial charge in [-0.15, -0.1) is 0 Å². The highest BCUT2D eigenvalue weighted by atomic mass is 79.9. The van der Waals surface area contributed by atoms with Gasteiger partial charge in [0.1, 0.15) is 4.90 Å². The highest BCUT2D eigenvalue weighted by Gasteiger charge is 2.30. The highest BCUT2D eigenvalue weighted by molar-refractivity contribution is 9.10. The lowest BCUT2D eigenvalue weighted by molar-refractivity contribution is -0.142. The maximum atomic E-state index is 12.6. The first kappa shape index (κ1) is 17.7. The number of nitrogens with zero attached hydrogens (tertiary/aromatic N) is 2. The summed E-state index contributed by atoms with van der Waals surface area (Å²) in [5.74, 6) is -0.327. The molecule has 1 aromatic rings. The predicted octanol–water partition coefficient (Wildman–Crippen LogP) is 1.58. The fourth-order valence-electron chi connectivity index (χ4n) is 2.20. The SMILES string of the molecule is COC(=O)CN1CCN(S(=O)(=O)c2ccc(Br)cc2Cl)CC1.